The van der Waals surface area contributed by atoms with Crippen LogP contribution in [0.5, 0.6) is 17.2 Å². The molecule has 1 amide bonds. The summed E-state index contributed by atoms with van der Waals surface area (Å²) in [5, 5.41) is -0.0909. The van der Waals surface area contributed by atoms with Gasteiger partial charge in [-0.15, -0.1) is 0 Å². The first-order chi connectivity index (χ1) is 15.2. The second-order valence-corrected chi connectivity index (χ2v) is 7.98. The van der Waals surface area contributed by atoms with Gasteiger partial charge in [-0.2, -0.15) is 4.99 Å². The van der Waals surface area contributed by atoms with Crippen molar-refractivity contribution in [2.45, 2.75) is 13.8 Å². The maximum Gasteiger partial charge on any atom is 0.279 e. The van der Waals surface area contributed by atoms with E-state index in [1.54, 1.807) is 13.0 Å². The number of thiazole rings is 1. The Morgan fingerprint density at radius 3 is 2.25 bits per heavy atom. The predicted octanol–water partition coefficient (Wildman–Crippen LogP) is 4.61. The number of hydrogen-bond acceptors (Lipinski definition) is 6. The SMILES string of the molecule is COc1cc(C(=O)N=c2sc(C(C)=O)c(C)n2-c2cccc(Cl)c2F)cc(OC)c1OC. The van der Waals surface area contributed by atoms with Gasteiger partial charge in [0.25, 0.3) is 5.91 Å². The van der Waals surface area contributed by atoms with Crippen molar-refractivity contribution in [3.63, 3.8) is 0 Å². The summed E-state index contributed by atoms with van der Waals surface area (Å²) in [6.45, 7) is 3.04. The standard InChI is InChI=1S/C22H20ClFN2O5S/c1-11-20(12(2)27)32-22(26(11)15-8-6-7-14(23)18(15)24)25-21(28)13-9-16(29-3)19(31-5)17(10-13)30-4/h6-10H,1-5H3. The maximum atomic E-state index is 14.8. The highest BCUT2D eigenvalue weighted by Crippen LogP contribution is 2.38. The zero-order valence-electron chi connectivity index (χ0n) is 18.0. The summed E-state index contributed by atoms with van der Waals surface area (Å²) >= 11 is 6.93. The lowest BCUT2D eigenvalue weighted by Crippen LogP contribution is -2.18. The molecule has 0 unspecified atom stereocenters. The Hall–Kier alpha value is -3.17. The minimum absolute atomic E-state index is 0.0789. The van der Waals surface area contributed by atoms with Crippen molar-refractivity contribution in [3.05, 3.63) is 62.1 Å². The van der Waals surface area contributed by atoms with Crippen molar-refractivity contribution >= 4 is 34.6 Å². The van der Waals surface area contributed by atoms with Crippen LogP contribution in [0.25, 0.3) is 5.69 Å². The molecule has 0 aliphatic carbocycles. The molecule has 0 saturated carbocycles. The molecule has 0 fully saturated rings. The molecule has 3 rings (SSSR count). The third-order valence-corrected chi connectivity index (χ3v) is 6.18. The number of hydrogen-bond donors (Lipinski definition) is 0. The van der Waals surface area contributed by atoms with E-state index < -0.39 is 11.7 Å². The predicted molar refractivity (Wildman–Crippen MR) is 119 cm³/mol. The van der Waals surface area contributed by atoms with E-state index in [-0.39, 0.29) is 38.4 Å². The van der Waals surface area contributed by atoms with Gasteiger partial charge in [-0.05, 0) is 31.2 Å². The van der Waals surface area contributed by atoms with Gasteiger partial charge in [0, 0.05) is 18.2 Å². The maximum absolute atomic E-state index is 14.8. The van der Waals surface area contributed by atoms with Gasteiger partial charge in [-0.25, -0.2) is 4.39 Å². The van der Waals surface area contributed by atoms with Gasteiger partial charge in [0.2, 0.25) is 5.75 Å². The van der Waals surface area contributed by atoms with Crippen LogP contribution >= 0.6 is 22.9 Å². The van der Waals surface area contributed by atoms with E-state index in [0.29, 0.717) is 16.3 Å². The summed E-state index contributed by atoms with van der Waals surface area (Å²) in [4.78, 5) is 29.8. The fourth-order valence-electron chi connectivity index (χ4n) is 3.16. The number of benzene rings is 2. The van der Waals surface area contributed by atoms with Crippen molar-refractivity contribution in [3.8, 4) is 22.9 Å². The molecule has 0 spiro atoms. The number of Topliss-reactive ketones (excluding diaryl/α,β-unsaturated/α-hetero) is 1. The molecule has 0 atom stereocenters. The van der Waals surface area contributed by atoms with Crippen molar-refractivity contribution < 1.29 is 28.2 Å². The van der Waals surface area contributed by atoms with Crippen LogP contribution in [-0.4, -0.2) is 37.6 Å². The fourth-order valence-corrected chi connectivity index (χ4v) is 4.35. The normalized spacial score (nSPS) is 11.4. The highest BCUT2D eigenvalue weighted by atomic mass is 35.5. The van der Waals surface area contributed by atoms with Gasteiger partial charge in [-0.1, -0.05) is 29.0 Å². The lowest BCUT2D eigenvalue weighted by molar-refractivity contribution is 0.0994. The van der Waals surface area contributed by atoms with E-state index in [0.717, 1.165) is 11.3 Å². The quantitative estimate of drug-likeness (QED) is 0.483. The van der Waals surface area contributed by atoms with Crippen LogP contribution in [-0.2, 0) is 0 Å². The van der Waals surface area contributed by atoms with Gasteiger partial charge < -0.3 is 14.2 Å². The Bertz CT molecular complexity index is 1260. The number of ketones is 1. The highest BCUT2D eigenvalue weighted by Gasteiger charge is 2.21. The molecular weight excluding hydrogens is 459 g/mol. The third kappa shape index (κ3) is 4.26. The molecule has 0 bridgehead atoms. The van der Waals surface area contributed by atoms with Crippen molar-refractivity contribution in [1.29, 1.82) is 0 Å². The van der Waals surface area contributed by atoms with Crippen LogP contribution < -0.4 is 19.0 Å². The molecule has 1 heterocycles. The van der Waals surface area contributed by atoms with Crippen LogP contribution in [0.3, 0.4) is 0 Å². The minimum atomic E-state index is -0.688. The van der Waals surface area contributed by atoms with Gasteiger partial charge in [0.15, 0.2) is 27.9 Å². The monoisotopic (exact) mass is 478 g/mol. The second kappa shape index (κ2) is 9.54. The van der Waals surface area contributed by atoms with Crippen LogP contribution in [0.4, 0.5) is 4.39 Å². The zero-order chi connectivity index (χ0) is 23.6. The van der Waals surface area contributed by atoms with Crippen LogP contribution in [0.1, 0.15) is 32.6 Å². The molecule has 0 saturated heterocycles. The van der Waals surface area contributed by atoms with Gasteiger partial charge in [-0.3, -0.25) is 14.2 Å². The van der Waals surface area contributed by atoms with Gasteiger partial charge >= 0.3 is 0 Å². The average molecular weight is 479 g/mol. The molecular formula is C22H20ClFN2O5S. The number of aromatic nitrogens is 1. The largest absolute Gasteiger partial charge is 0.493 e. The molecule has 0 radical (unpaired) electrons. The van der Waals surface area contributed by atoms with E-state index in [4.69, 9.17) is 25.8 Å². The smallest absolute Gasteiger partial charge is 0.279 e. The zero-order valence-corrected chi connectivity index (χ0v) is 19.6. The summed E-state index contributed by atoms with van der Waals surface area (Å²) in [7, 11) is 4.31. The Morgan fingerprint density at radius 2 is 1.72 bits per heavy atom. The fraction of sp³-hybridized carbons (Fsp3) is 0.227. The molecule has 2 aromatic carbocycles. The summed E-state index contributed by atoms with van der Waals surface area (Å²) in [5.41, 5.74) is 0.684. The first-order valence-corrected chi connectivity index (χ1v) is 10.5. The van der Waals surface area contributed by atoms with E-state index in [1.807, 2.05) is 0 Å². The highest BCUT2D eigenvalue weighted by molar-refractivity contribution is 7.11. The van der Waals surface area contributed by atoms with E-state index in [1.165, 1.54) is 57.1 Å². The van der Waals surface area contributed by atoms with E-state index in [2.05, 4.69) is 4.99 Å². The number of methoxy groups -OCH3 is 3. The first kappa shape index (κ1) is 23.5. The molecule has 7 nitrogen and oxygen atoms in total. The number of carbonyl (C=O) groups excluding carboxylic acids is 2. The van der Waals surface area contributed by atoms with Crippen LogP contribution in [0, 0.1) is 12.7 Å². The molecule has 0 aliphatic rings. The lowest BCUT2D eigenvalue weighted by Gasteiger charge is -2.13. The number of carbonyl (C=O) groups is 2. The summed E-state index contributed by atoms with van der Waals surface area (Å²) in [5.74, 6) is -0.667. The Morgan fingerprint density at radius 1 is 1.09 bits per heavy atom. The topological polar surface area (TPSA) is 79.1 Å². The van der Waals surface area contributed by atoms with E-state index >= 15 is 0 Å². The summed E-state index contributed by atoms with van der Waals surface area (Å²) < 4.78 is 32.0. The first-order valence-electron chi connectivity index (χ1n) is 9.30. The van der Waals surface area contributed by atoms with Gasteiger partial charge in [0.05, 0.1) is 36.9 Å². The average Bonchev–Trinajstić information content (AvgIpc) is 3.10. The number of ether oxygens (including phenoxy) is 3. The van der Waals surface area contributed by atoms with Gasteiger partial charge in [0.1, 0.15) is 0 Å². The third-order valence-electron chi connectivity index (χ3n) is 4.65. The van der Waals surface area contributed by atoms with Crippen LogP contribution in [0.2, 0.25) is 5.02 Å². The molecule has 3 aromatic rings. The molecule has 0 aliphatic heterocycles. The Labute approximate surface area is 192 Å². The molecule has 0 N–H and O–H groups in total. The minimum Gasteiger partial charge on any atom is -0.493 e. The van der Waals surface area contributed by atoms with Crippen LogP contribution in [0.15, 0.2) is 35.3 Å². The molecule has 1 aromatic heterocycles. The summed E-state index contributed by atoms with van der Waals surface area (Å²) in [6.07, 6.45) is 0. The number of rotatable bonds is 6. The molecule has 168 valence electrons. The van der Waals surface area contributed by atoms with Crippen molar-refractivity contribution in [1.82, 2.24) is 4.57 Å². The number of halogens is 2. The number of nitrogens with zero attached hydrogens (tertiary/aromatic N) is 2. The summed E-state index contributed by atoms with van der Waals surface area (Å²) in [6, 6.07) is 7.40. The lowest BCUT2D eigenvalue weighted by atomic mass is 10.1. The molecule has 32 heavy (non-hydrogen) atoms. The Balaban J connectivity index is 2.25. The van der Waals surface area contributed by atoms with Crippen molar-refractivity contribution in [2.75, 3.05) is 21.3 Å². The Kier molecular flexibility index (Phi) is 7.00. The van der Waals surface area contributed by atoms with Crippen molar-refractivity contribution in [2.24, 2.45) is 4.99 Å². The molecule has 10 heteroatoms. The van der Waals surface area contributed by atoms with E-state index in [9.17, 15) is 14.0 Å². The second-order valence-electron chi connectivity index (χ2n) is 6.59. The number of amides is 1.